The summed E-state index contributed by atoms with van der Waals surface area (Å²) in [7, 11) is -1.92. The Labute approximate surface area is 82.6 Å². The zero-order valence-corrected chi connectivity index (χ0v) is 12.4. The Bertz CT molecular complexity index is 99.9. The van der Waals surface area contributed by atoms with Gasteiger partial charge in [0, 0.05) is 0 Å². The molecule has 1 nitrogen and oxygen atoms in total. The summed E-state index contributed by atoms with van der Waals surface area (Å²) in [4.78, 5) is 0. The van der Waals surface area contributed by atoms with E-state index in [1.165, 1.54) is 0 Å². The Balaban J connectivity index is 4.23. The maximum absolute atomic E-state index is 2.74. The molecule has 0 atom stereocenters. The van der Waals surface area contributed by atoms with Crippen LogP contribution in [0.15, 0.2) is 0 Å². The normalized spacial score (nSPS) is 14.2. The van der Waals surface area contributed by atoms with Crippen LogP contribution in [0, 0.1) is 0 Å². The fraction of sp³-hybridized carbons (Fsp3) is 1.00. The molecule has 0 aliphatic rings. The van der Waals surface area contributed by atoms with Gasteiger partial charge in [-0.2, -0.15) is 0 Å². The van der Waals surface area contributed by atoms with E-state index in [-0.39, 0.29) is 0 Å². The average molecular weight is 252 g/mol. The van der Waals surface area contributed by atoms with Crippen LogP contribution < -0.4 is 0 Å². The fourth-order valence-electron chi connectivity index (χ4n) is 1.01. The first-order chi connectivity index (χ1) is 4.15. The maximum atomic E-state index is 2.74. The van der Waals surface area contributed by atoms with Gasteiger partial charge in [0.15, 0.2) is 0 Å². The van der Waals surface area contributed by atoms with Crippen LogP contribution in [0.1, 0.15) is 0 Å². The van der Waals surface area contributed by atoms with Gasteiger partial charge in [-0.1, -0.05) is 0 Å². The van der Waals surface area contributed by atoms with Crippen molar-refractivity contribution in [2.24, 2.45) is 0 Å². The van der Waals surface area contributed by atoms with Gasteiger partial charge in [-0.25, -0.2) is 0 Å². The summed E-state index contributed by atoms with van der Waals surface area (Å²) in [5.74, 6) is 0. The van der Waals surface area contributed by atoms with Crippen molar-refractivity contribution in [1.82, 2.24) is 2.17 Å². The second kappa shape index (κ2) is 3.34. The van der Waals surface area contributed by atoms with Crippen LogP contribution in [0.5, 0.6) is 0 Å². The third-order valence-electron chi connectivity index (χ3n) is 1.34. The molecule has 10 heavy (non-hydrogen) atoms. The number of rotatable bonds is 2. The molecule has 0 N–H and O–H groups in total. The molecule has 0 saturated heterocycles. The summed E-state index contributed by atoms with van der Waals surface area (Å²) in [6, 6.07) is 0. The molecule has 0 spiro atoms. The van der Waals surface area contributed by atoms with Crippen LogP contribution in [-0.4, -0.2) is 18.6 Å². The van der Waals surface area contributed by atoms with E-state index in [1.807, 2.05) is 0 Å². The standard InChI is InChI=1S/C6H18NSi2.Zr/c1-8(2,3)7-9(4,5)6;/h1-6H3;/q-1;+1. The molecule has 0 rings (SSSR count). The predicted molar refractivity (Wildman–Crippen MR) is 48.5 cm³/mol. The van der Waals surface area contributed by atoms with Crippen LogP contribution in [0.25, 0.3) is 0 Å². The first-order valence-corrected chi connectivity index (χ1v) is 11.7. The molecule has 0 fully saturated rings. The molecule has 0 bridgehead atoms. The molecular formula is C6H18NSi2Zr. The first-order valence-electron chi connectivity index (χ1n) is 3.67. The van der Waals surface area contributed by atoms with Gasteiger partial charge in [0.25, 0.3) is 0 Å². The van der Waals surface area contributed by atoms with E-state index in [1.54, 1.807) is 25.0 Å². The van der Waals surface area contributed by atoms with Crippen molar-refractivity contribution in [3.05, 3.63) is 0 Å². The number of nitrogens with zero attached hydrogens (tertiary/aromatic N) is 1. The van der Waals surface area contributed by atoms with E-state index < -0.39 is 16.5 Å². The van der Waals surface area contributed by atoms with Crippen molar-refractivity contribution >= 4 is 16.5 Å². The van der Waals surface area contributed by atoms with Crippen molar-refractivity contribution in [3.8, 4) is 0 Å². The Morgan fingerprint density at radius 3 is 1.00 bits per heavy atom. The Morgan fingerprint density at radius 2 is 1.00 bits per heavy atom. The van der Waals surface area contributed by atoms with Crippen molar-refractivity contribution in [2.45, 2.75) is 39.3 Å². The summed E-state index contributed by atoms with van der Waals surface area (Å²) in [5.41, 5.74) is 0. The van der Waals surface area contributed by atoms with E-state index in [9.17, 15) is 0 Å². The van der Waals surface area contributed by atoms with Crippen LogP contribution in [0.4, 0.5) is 0 Å². The summed E-state index contributed by atoms with van der Waals surface area (Å²) < 4.78 is 2.74. The molecule has 0 radical (unpaired) electrons. The molecule has 0 heterocycles. The predicted octanol–water partition coefficient (Wildman–Crippen LogP) is 2.42. The van der Waals surface area contributed by atoms with E-state index in [2.05, 4.69) is 41.5 Å². The number of hydrogen-bond acceptors (Lipinski definition) is 1. The molecular weight excluding hydrogens is 233 g/mol. The van der Waals surface area contributed by atoms with E-state index in [0.29, 0.717) is 0 Å². The third-order valence-corrected chi connectivity index (χ3v) is 17.9. The van der Waals surface area contributed by atoms with Crippen molar-refractivity contribution < 1.29 is 25.0 Å². The SMILES string of the molecule is C[Si](C)(C)[N]([Zr])[Si](C)(C)C. The van der Waals surface area contributed by atoms with Crippen LogP contribution in [0.2, 0.25) is 39.3 Å². The van der Waals surface area contributed by atoms with Crippen molar-refractivity contribution in [2.75, 3.05) is 0 Å². The van der Waals surface area contributed by atoms with Crippen molar-refractivity contribution in [3.63, 3.8) is 0 Å². The van der Waals surface area contributed by atoms with E-state index >= 15 is 0 Å². The van der Waals surface area contributed by atoms with E-state index in [0.717, 1.165) is 0 Å². The summed E-state index contributed by atoms with van der Waals surface area (Å²) in [6.45, 7) is 14.6. The van der Waals surface area contributed by atoms with Crippen LogP contribution >= 0.6 is 0 Å². The second-order valence-electron chi connectivity index (χ2n) is 4.68. The van der Waals surface area contributed by atoms with Crippen molar-refractivity contribution in [1.29, 1.82) is 0 Å². The van der Waals surface area contributed by atoms with Gasteiger partial charge in [0.2, 0.25) is 0 Å². The first kappa shape index (κ1) is 11.3. The molecule has 0 amide bonds. The average Bonchev–Trinajstić information content (AvgIpc) is 1.59. The van der Waals surface area contributed by atoms with Gasteiger partial charge in [0.05, 0.1) is 0 Å². The molecule has 0 aromatic rings. The quantitative estimate of drug-likeness (QED) is 0.682. The molecule has 4 heteroatoms. The summed E-state index contributed by atoms with van der Waals surface area (Å²) >= 11 is 1.63. The summed E-state index contributed by atoms with van der Waals surface area (Å²) in [5, 5.41) is 0. The van der Waals surface area contributed by atoms with Gasteiger partial charge in [-0.15, -0.1) is 0 Å². The minimum absolute atomic E-state index is 0.961. The van der Waals surface area contributed by atoms with Gasteiger partial charge >= 0.3 is 82.9 Å². The zero-order valence-electron chi connectivity index (χ0n) is 7.95. The molecule has 0 aromatic carbocycles. The molecule has 59 valence electrons. The molecule has 0 aliphatic heterocycles. The van der Waals surface area contributed by atoms with Gasteiger partial charge in [-0.3, -0.25) is 0 Å². The molecule has 0 saturated carbocycles. The third kappa shape index (κ3) is 3.61. The topological polar surface area (TPSA) is 3.24 Å². The van der Waals surface area contributed by atoms with Gasteiger partial charge in [0.1, 0.15) is 0 Å². The second-order valence-corrected chi connectivity index (χ2v) is 18.0. The number of hydrogen-bond donors (Lipinski definition) is 0. The van der Waals surface area contributed by atoms with Gasteiger partial charge < -0.3 is 0 Å². The monoisotopic (exact) mass is 250 g/mol. The van der Waals surface area contributed by atoms with Gasteiger partial charge in [-0.05, 0) is 0 Å². The summed E-state index contributed by atoms with van der Waals surface area (Å²) in [6.07, 6.45) is 0. The van der Waals surface area contributed by atoms with Crippen LogP contribution in [0.3, 0.4) is 0 Å². The Hall–Kier alpha value is 1.28. The Kier molecular flexibility index (Phi) is 3.76. The minimum atomic E-state index is -0.961. The van der Waals surface area contributed by atoms with E-state index in [4.69, 9.17) is 0 Å². The zero-order chi connectivity index (χ0) is 8.58. The molecule has 0 unspecified atom stereocenters. The Morgan fingerprint density at radius 1 is 0.800 bits per heavy atom. The fourth-order valence-corrected chi connectivity index (χ4v) is 9.06. The molecule has 0 aliphatic carbocycles. The van der Waals surface area contributed by atoms with Crippen LogP contribution in [-0.2, 0) is 25.0 Å². The molecule has 0 aromatic heterocycles.